The minimum Gasteiger partial charge on any atom is -0.379 e. The molecule has 0 saturated heterocycles. The van der Waals surface area contributed by atoms with Crippen LogP contribution < -0.4 is 4.18 Å². The summed E-state index contributed by atoms with van der Waals surface area (Å²) in [5, 5.41) is 0. The summed E-state index contributed by atoms with van der Waals surface area (Å²) in [5.74, 6) is -1.46. The zero-order chi connectivity index (χ0) is 22.3. The van der Waals surface area contributed by atoms with Crippen LogP contribution >= 0.6 is 0 Å². The highest BCUT2D eigenvalue weighted by Gasteiger charge is 2.37. The number of hydrogen-bond acceptors (Lipinski definition) is 5. The van der Waals surface area contributed by atoms with Gasteiger partial charge >= 0.3 is 22.5 Å². The number of halogens is 6. The fourth-order valence-corrected chi connectivity index (χ4v) is 3.93. The maximum absolute atomic E-state index is 12.9. The molecule has 2 rings (SSSR count). The lowest BCUT2D eigenvalue weighted by Crippen LogP contribution is -2.14. The molecule has 2 aromatic rings. The van der Waals surface area contributed by atoms with Gasteiger partial charge in [-0.15, -0.1) is 0 Å². The molecule has 0 amide bonds. The molecule has 0 aliphatic rings. The Bertz CT molecular complexity index is 1070. The van der Waals surface area contributed by atoms with Gasteiger partial charge in [0.2, 0.25) is 0 Å². The van der Waals surface area contributed by atoms with Crippen LogP contribution in [-0.4, -0.2) is 22.6 Å². The van der Waals surface area contributed by atoms with Crippen molar-refractivity contribution in [1.29, 1.82) is 0 Å². The Balaban J connectivity index is 2.47. The number of hydrogen-bond donors (Lipinski definition) is 0. The summed E-state index contributed by atoms with van der Waals surface area (Å²) in [6.07, 6.45) is -10.4. The highest BCUT2D eigenvalue weighted by Crippen LogP contribution is 2.38. The van der Waals surface area contributed by atoms with Crippen LogP contribution in [0.4, 0.5) is 26.3 Å². The Kier molecular flexibility index (Phi) is 5.96. The first-order valence-corrected chi connectivity index (χ1v) is 10.7. The van der Waals surface area contributed by atoms with Crippen molar-refractivity contribution in [3.05, 3.63) is 53.6 Å². The molecule has 0 unspecified atom stereocenters. The third kappa shape index (κ3) is 5.41. The quantitative estimate of drug-likeness (QED) is 0.490. The third-order valence-electron chi connectivity index (χ3n) is 3.62. The van der Waals surface area contributed by atoms with Crippen molar-refractivity contribution in [2.24, 2.45) is 0 Å². The first-order valence-electron chi connectivity index (χ1n) is 7.63. The van der Waals surface area contributed by atoms with Crippen molar-refractivity contribution >= 4 is 20.0 Å². The number of rotatable bonds is 5. The first kappa shape index (κ1) is 23.0. The molecule has 5 nitrogen and oxygen atoms in total. The molecule has 29 heavy (non-hydrogen) atoms. The summed E-state index contributed by atoms with van der Waals surface area (Å²) in [6.45, 7) is 1.36. The van der Waals surface area contributed by atoms with Crippen LogP contribution in [0.3, 0.4) is 0 Å². The van der Waals surface area contributed by atoms with Crippen LogP contribution in [0.25, 0.3) is 0 Å². The number of benzene rings is 2. The number of sulfone groups is 1. The van der Waals surface area contributed by atoms with Gasteiger partial charge in [0.25, 0.3) is 0 Å². The second kappa shape index (κ2) is 7.52. The van der Waals surface area contributed by atoms with Crippen LogP contribution in [0.5, 0.6) is 5.75 Å². The van der Waals surface area contributed by atoms with E-state index in [-0.39, 0.29) is 28.8 Å². The highest BCUT2D eigenvalue weighted by atomic mass is 32.2. The van der Waals surface area contributed by atoms with E-state index in [9.17, 15) is 43.2 Å². The largest absolute Gasteiger partial charge is 0.416 e. The predicted octanol–water partition coefficient (Wildman–Crippen LogP) is 4.29. The zero-order valence-electron chi connectivity index (χ0n) is 14.4. The molecule has 0 heterocycles. The van der Waals surface area contributed by atoms with Crippen molar-refractivity contribution in [3.8, 4) is 5.75 Å². The van der Waals surface area contributed by atoms with Crippen molar-refractivity contribution < 1.29 is 47.4 Å². The van der Waals surface area contributed by atoms with Gasteiger partial charge in [0.1, 0.15) is 10.6 Å². The molecule has 0 aliphatic carbocycles. The van der Waals surface area contributed by atoms with Crippen molar-refractivity contribution in [3.63, 3.8) is 0 Å². The Morgan fingerprint density at radius 3 is 1.55 bits per heavy atom. The van der Waals surface area contributed by atoms with Gasteiger partial charge in [-0.25, -0.2) is 8.42 Å². The Labute approximate surface area is 162 Å². The summed E-state index contributed by atoms with van der Waals surface area (Å²) in [4.78, 5) is -0.865. The fourth-order valence-electron chi connectivity index (χ4n) is 2.13. The van der Waals surface area contributed by atoms with Crippen LogP contribution in [0.15, 0.2) is 52.3 Å². The Hall–Kier alpha value is -2.28. The van der Waals surface area contributed by atoms with E-state index in [2.05, 4.69) is 4.18 Å². The molecule has 0 aromatic heterocycles. The molecular weight excluding hydrogens is 450 g/mol. The average Bonchev–Trinajstić information content (AvgIpc) is 2.59. The lowest BCUT2D eigenvalue weighted by atomic mass is 10.1. The van der Waals surface area contributed by atoms with E-state index >= 15 is 0 Å². The maximum Gasteiger partial charge on any atom is 0.416 e. The molecule has 160 valence electrons. The van der Waals surface area contributed by atoms with Gasteiger partial charge in [0.15, 0.2) is 9.84 Å². The summed E-state index contributed by atoms with van der Waals surface area (Å²) in [6, 6.07) is 3.55. The fraction of sp³-hybridized carbons (Fsp3) is 0.250. The Morgan fingerprint density at radius 1 is 0.759 bits per heavy atom. The van der Waals surface area contributed by atoms with E-state index in [1.54, 1.807) is 0 Å². The van der Waals surface area contributed by atoms with E-state index in [0.717, 1.165) is 24.3 Å². The molecule has 0 radical (unpaired) electrons. The molecular formula is C16H12F6O5S2. The molecule has 0 saturated carbocycles. The van der Waals surface area contributed by atoms with Crippen LogP contribution in [0.1, 0.15) is 18.1 Å². The molecule has 0 atom stereocenters. The monoisotopic (exact) mass is 462 g/mol. The maximum atomic E-state index is 12.9. The minimum atomic E-state index is -5.18. The van der Waals surface area contributed by atoms with Crippen LogP contribution in [0, 0.1) is 0 Å². The van der Waals surface area contributed by atoms with Gasteiger partial charge in [-0.1, -0.05) is 6.92 Å². The van der Waals surface area contributed by atoms with E-state index in [0.29, 0.717) is 0 Å². The van der Waals surface area contributed by atoms with E-state index < -0.39 is 54.1 Å². The highest BCUT2D eigenvalue weighted by molar-refractivity contribution is 7.91. The van der Waals surface area contributed by atoms with E-state index in [4.69, 9.17) is 0 Å². The van der Waals surface area contributed by atoms with Crippen LogP contribution in [-0.2, 0) is 32.3 Å². The molecule has 2 aromatic carbocycles. The van der Waals surface area contributed by atoms with Gasteiger partial charge in [0.05, 0.1) is 21.8 Å². The normalized spacial score (nSPS) is 13.3. The van der Waals surface area contributed by atoms with E-state index in [1.807, 2.05) is 0 Å². The van der Waals surface area contributed by atoms with Gasteiger partial charge in [0, 0.05) is 0 Å². The van der Waals surface area contributed by atoms with Crippen molar-refractivity contribution in [2.45, 2.75) is 29.1 Å². The third-order valence-corrected chi connectivity index (χ3v) is 6.63. The lowest BCUT2D eigenvalue weighted by Gasteiger charge is -2.14. The van der Waals surface area contributed by atoms with Crippen molar-refractivity contribution in [2.75, 3.05) is 5.75 Å². The van der Waals surface area contributed by atoms with Gasteiger partial charge in [-0.2, -0.15) is 34.8 Å². The Morgan fingerprint density at radius 2 is 1.17 bits per heavy atom. The topological polar surface area (TPSA) is 77.5 Å². The smallest absolute Gasteiger partial charge is 0.379 e. The van der Waals surface area contributed by atoms with Crippen molar-refractivity contribution in [1.82, 2.24) is 0 Å². The number of alkyl halides is 6. The summed E-state index contributed by atoms with van der Waals surface area (Å²) in [7, 11) is -8.49. The van der Waals surface area contributed by atoms with Crippen LogP contribution in [0.2, 0.25) is 0 Å². The second-order valence-electron chi connectivity index (χ2n) is 5.65. The van der Waals surface area contributed by atoms with Gasteiger partial charge < -0.3 is 4.18 Å². The average molecular weight is 462 g/mol. The molecule has 0 N–H and O–H groups in total. The van der Waals surface area contributed by atoms with E-state index in [1.165, 1.54) is 6.92 Å². The second-order valence-corrected chi connectivity index (χ2v) is 9.48. The zero-order valence-corrected chi connectivity index (χ0v) is 16.0. The molecule has 13 heteroatoms. The first-order chi connectivity index (χ1) is 13.1. The minimum absolute atomic E-state index is 0.114. The van der Waals surface area contributed by atoms with Gasteiger partial charge in [-0.3, -0.25) is 0 Å². The summed E-state index contributed by atoms with van der Waals surface area (Å²) < 4.78 is 129. The lowest BCUT2D eigenvalue weighted by molar-refractivity contribution is -0.143. The molecule has 0 bridgehead atoms. The SMILES string of the molecule is CCS(=O)(=O)c1ccc(S(=O)(=O)Oc2cc(C(F)(F)F)cc(C(F)(F)F)c2)cc1. The molecule has 0 fully saturated rings. The predicted molar refractivity (Wildman–Crippen MR) is 88.4 cm³/mol. The summed E-state index contributed by atoms with van der Waals surface area (Å²) >= 11 is 0. The summed E-state index contributed by atoms with van der Waals surface area (Å²) in [5.41, 5.74) is -3.50. The van der Waals surface area contributed by atoms with Gasteiger partial charge in [-0.05, 0) is 42.5 Å². The standard InChI is InChI=1S/C16H12F6O5S2/c1-2-28(23,24)13-3-5-14(6-4-13)29(25,26)27-12-8-10(15(17,18)19)7-11(9-12)16(20,21)22/h3-9H,2H2,1H3. The molecule has 0 aliphatic heterocycles. The molecule has 0 spiro atoms.